The van der Waals surface area contributed by atoms with Gasteiger partial charge in [-0.15, -0.1) is 0 Å². The zero-order chi connectivity index (χ0) is 13.2. The first-order valence-electron chi connectivity index (χ1n) is 6.95. The Morgan fingerprint density at radius 1 is 1.39 bits per heavy atom. The maximum Gasteiger partial charge on any atom is 0.0436 e. The Labute approximate surface area is 110 Å². The summed E-state index contributed by atoms with van der Waals surface area (Å²) in [6, 6.07) is 7.29. The van der Waals surface area contributed by atoms with E-state index in [2.05, 4.69) is 44.3 Å². The van der Waals surface area contributed by atoms with Crippen LogP contribution in [0.4, 0.5) is 0 Å². The van der Waals surface area contributed by atoms with Crippen LogP contribution in [0, 0.1) is 12.3 Å². The van der Waals surface area contributed by atoms with Crippen LogP contribution in [-0.2, 0) is 6.42 Å². The van der Waals surface area contributed by atoms with Gasteiger partial charge in [-0.1, -0.05) is 37.6 Å². The largest absolute Gasteiger partial charge is 0.396 e. The molecule has 0 saturated carbocycles. The van der Waals surface area contributed by atoms with Crippen molar-refractivity contribution in [2.24, 2.45) is 5.41 Å². The van der Waals surface area contributed by atoms with Crippen LogP contribution in [-0.4, -0.2) is 18.3 Å². The van der Waals surface area contributed by atoms with E-state index in [-0.39, 0.29) is 12.0 Å². The highest BCUT2D eigenvalue weighted by Crippen LogP contribution is 2.32. The standard InChI is InChI=1S/C16H25NO/c1-12-4-5-13-6-7-15(14(13)10-12)17-11-16(2,3)8-9-18/h4-5,10,15,17-18H,6-9,11H2,1-3H3. The lowest BCUT2D eigenvalue weighted by molar-refractivity contribution is 0.202. The molecule has 0 amide bonds. The minimum atomic E-state index is 0.168. The molecule has 1 aliphatic carbocycles. The first-order valence-corrected chi connectivity index (χ1v) is 6.95. The van der Waals surface area contributed by atoms with E-state index in [0.717, 1.165) is 13.0 Å². The fraction of sp³-hybridized carbons (Fsp3) is 0.625. The summed E-state index contributed by atoms with van der Waals surface area (Å²) in [5.41, 5.74) is 4.49. The lowest BCUT2D eigenvalue weighted by atomic mass is 9.89. The molecule has 2 N–H and O–H groups in total. The molecule has 2 rings (SSSR count). The zero-order valence-electron chi connectivity index (χ0n) is 11.8. The quantitative estimate of drug-likeness (QED) is 0.838. The minimum absolute atomic E-state index is 0.168. The van der Waals surface area contributed by atoms with Crippen LogP contribution in [0.3, 0.4) is 0 Å². The Morgan fingerprint density at radius 2 is 2.17 bits per heavy atom. The van der Waals surface area contributed by atoms with Crippen molar-refractivity contribution in [1.82, 2.24) is 5.32 Å². The second-order valence-corrected chi connectivity index (χ2v) is 6.31. The molecule has 1 atom stereocenters. The van der Waals surface area contributed by atoms with Crippen LogP contribution >= 0.6 is 0 Å². The van der Waals surface area contributed by atoms with Gasteiger partial charge >= 0.3 is 0 Å². The van der Waals surface area contributed by atoms with Gasteiger partial charge in [0, 0.05) is 19.2 Å². The Bertz CT molecular complexity index is 412. The molecule has 1 aliphatic rings. The average Bonchev–Trinajstić information content (AvgIpc) is 2.69. The Kier molecular flexibility index (Phi) is 4.08. The fourth-order valence-electron chi connectivity index (χ4n) is 2.72. The molecule has 1 aromatic carbocycles. The van der Waals surface area contributed by atoms with Crippen molar-refractivity contribution in [3.8, 4) is 0 Å². The van der Waals surface area contributed by atoms with Gasteiger partial charge in [0.15, 0.2) is 0 Å². The van der Waals surface area contributed by atoms with E-state index >= 15 is 0 Å². The molecule has 0 aliphatic heterocycles. The molecule has 0 fully saturated rings. The first-order chi connectivity index (χ1) is 8.52. The molecule has 0 radical (unpaired) electrons. The Hall–Kier alpha value is -0.860. The van der Waals surface area contributed by atoms with E-state index in [4.69, 9.17) is 5.11 Å². The molecule has 18 heavy (non-hydrogen) atoms. The summed E-state index contributed by atoms with van der Waals surface area (Å²) in [5, 5.41) is 12.7. The van der Waals surface area contributed by atoms with Gasteiger partial charge < -0.3 is 10.4 Å². The van der Waals surface area contributed by atoms with Gasteiger partial charge in [0.2, 0.25) is 0 Å². The SMILES string of the molecule is Cc1ccc2c(c1)C(NCC(C)(C)CCO)CC2. The third-order valence-electron chi connectivity index (χ3n) is 3.99. The number of aliphatic hydroxyl groups is 1. The van der Waals surface area contributed by atoms with Gasteiger partial charge in [0.05, 0.1) is 0 Å². The second kappa shape index (κ2) is 5.41. The van der Waals surface area contributed by atoms with Crippen LogP contribution < -0.4 is 5.32 Å². The number of benzene rings is 1. The summed E-state index contributed by atoms with van der Waals surface area (Å²) in [4.78, 5) is 0. The molecule has 2 heteroatoms. The summed E-state index contributed by atoms with van der Waals surface area (Å²) in [6.45, 7) is 7.82. The molecular formula is C16H25NO. The van der Waals surface area contributed by atoms with Crippen molar-refractivity contribution in [3.63, 3.8) is 0 Å². The molecule has 2 nitrogen and oxygen atoms in total. The van der Waals surface area contributed by atoms with Gasteiger partial charge in [-0.05, 0) is 42.7 Å². The Balaban J connectivity index is 1.99. The van der Waals surface area contributed by atoms with Gasteiger partial charge in [-0.3, -0.25) is 0 Å². The van der Waals surface area contributed by atoms with E-state index in [0.29, 0.717) is 6.04 Å². The summed E-state index contributed by atoms with van der Waals surface area (Å²) in [5.74, 6) is 0. The molecule has 1 unspecified atom stereocenters. The number of rotatable bonds is 5. The lowest BCUT2D eigenvalue weighted by Crippen LogP contribution is -2.32. The van der Waals surface area contributed by atoms with E-state index in [1.807, 2.05) is 0 Å². The normalized spacial score (nSPS) is 19.0. The predicted octanol–water partition coefficient (Wildman–Crippen LogP) is 2.98. The number of aryl methyl sites for hydroxylation is 2. The average molecular weight is 247 g/mol. The van der Waals surface area contributed by atoms with Crippen LogP contribution in [0.5, 0.6) is 0 Å². The second-order valence-electron chi connectivity index (χ2n) is 6.31. The number of hydrogen-bond donors (Lipinski definition) is 2. The number of hydrogen-bond acceptors (Lipinski definition) is 2. The fourth-order valence-corrected chi connectivity index (χ4v) is 2.72. The maximum absolute atomic E-state index is 9.06. The summed E-state index contributed by atoms with van der Waals surface area (Å²) in [7, 11) is 0. The van der Waals surface area contributed by atoms with Crippen molar-refractivity contribution in [2.75, 3.05) is 13.2 Å². The highest BCUT2D eigenvalue weighted by molar-refractivity contribution is 5.37. The van der Waals surface area contributed by atoms with Gasteiger partial charge in [0.25, 0.3) is 0 Å². The van der Waals surface area contributed by atoms with Gasteiger partial charge in [0.1, 0.15) is 0 Å². The third-order valence-corrected chi connectivity index (χ3v) is 3.99. The number of fused-ring (bicyclic) bond motifs is 1. The van der Waals surface area contributed by atoms with E-state index < -0.39 is 0 Å². The Morgan fingerprint density at radius 3 is 2.89 bits per heavy atom. The van der Waals surface area contributed by atoms with E-state index in [9.17, 15) is 0 Å². The molecule has 0 bridgehead atoms. The van der Waals surface area contributed by atoms with Crippen molar-refractivity contribution < 1.29 is 5.11 Å². The summed E-state index contributed by atoms with van der Waals surface area (Å²) < 4.78 is 0. The van der Waals surface area contributed by atoms with Gasteiger partial charge in [-0.25, -0.2) is 0 Å². The van der Waals surface area contributed by atoms with Crippen LogP contribution in [0.1, 0.15) is 49.4 Å². The van der Waals surface area contributed by atoms with Crippen LogP contribution in [0.25, 0.3) is 0 Å². The molecule has 0 saturated heterocycles. The lowest BCUT2D eigenvalue weighted by Gasteiger charge is -2.26. The van der Waals surface area contributed by atoms with Crippen molar-refractivity contribution >= 4 is 0 Å². The predicted molar refractivity (Wildman–Crippen MR) is 75.7 cm³/mol. The monoisotopic (exact) mass is 247 g/mol. The third kappa shape index (κ3) is 3.12. The van der Waals surface area contributed by atoms with E-state index in [1.54, 1.807) is 0 Å². The van der Waals surface area contributed by atoms with Crippen molar-refractivity contribution in [3.05, 3.63) is 34.9 Å². The number of aliphatic hydroxyl groups excluding tert-OH is 1. The zero-order valence-corrected chi connectivity index (χ0v) is 11.8. The highest BCUT2D eigenvalue weighted by atomic mass is 16.3. The topological polar surface area (TPSA) is 32.3 Å². The highest BCUT2D eigenvalue weighted by Gasteiger charge is 2.25. The molecule has 1 aromatic rings. The molecule has 0 heterocycles. The first kappa shape index (κ1) is 13.6. The van der Waals surface area contributed by atoms with Crippen molar-refractivity contribution in [1.29, 1.82) is 0 Å². The molecular weight excluding hydrogens is 222 g/mol. The van der Waals surface area contributed by atoms with Crippen LogP contribution in [0.15, 0.2) is 18.2 Å². The minimum Gasteiger partial charge on any atom is -0.396 e. The number of nitrogens with one attached hydrogen (secondary N) is 1. The summed E-state index contributed by atoms with van der Waals surface area (Å²) >= 11 is 0. The molecule has 0 spiro atoms. The van der Waals surface area contributed by atoms with Gasteiger partial charge in [-0.2, -0.15) is 0 Å². The van der Waals surface area contributed by atoms with Crippen LogP contribution in [0.2, 0.25) is 0 Å². The molecule has 0 aromatic heterocycles. The van der Waals surface area contributed by atoms with Crippen molar-refractivity contribution in [2.45, 2.75) is 46.1 Å². The van der Waals surface area contributed by atoms with E-state index in [1.165, 1.54) is 29.5 Å². The molecule has 100 valence electrons. The smallest absolute Gasteiger partial charge is 0.0436 e. The maximum atomic E-state index is 9.06. The summed E-state index contributed by atoms with van der Waals surface area (Å²) in [6.07, 6.45) is 3.25.